The molecule has 1 aliphatic rings. The number of para-hydroxylation sites is 2. The number of ether oxygens (including phenoxy) is 2. The van der Waals surface area contributed by atoms with Gasteiger partial charge in [-0.25, -0.2) is 8.42 Å². The zero-order valence-electron chi connectivity index (χ0n) is 18.0. The molecule has 1 atom stereocenters. The molecule has 168 valence electrons. The molecule has 3 rings (SSSR count). The summed E-state index contributed by atoms with van der Waals surface area (Å²) in [4.78, 5) is 12.5. The Morgan fingerprint density at radius 2 is 1.74 bits per heavy atom. The Hall–Kier alpha value is -2.74. The maximum absolute atomic E-state index is 12.7. The molecule has 1 saturated carbocycles. The monoisotopic (exact) mass is 446 g/mol. The number of amides is 1. The predicted molar refractivity (Wildman–Crippen MR) is 120 cm³/mol. The molecule has 0 spiro atoms. The van der Waals surface area contributed by atoms with Gasteiger partial charge in [0.05, 0.1) is 17.2 Å². The Kier molecular flexibility index (Phi) is 7.79. The normalized spacial score (nSPS) is 15.7. The summed E-state index contributed by atoms with van der Waals surface area (Å²) in [6.45, 7) is 3.95. The summed E-state index contributed by atoms with van der Waals surface area (Å²) < 4.78 is 39.2. The van der Waals surface area contributed by atoms with Gasteiger partial charge in [0.15, 0.2) is 6.10 Å². The first-order valence-electron chi connectivity index (χ1n) is 10.7. The molecule has 1 amide bonds. The maximum Gasteiger partial charge on any atom is 0.262 e. The molecule has 2 aromatic rings. The zero-order chi connectivity index (χ0) is 22.3. The highest BCUT2D eigenvalue weighted by Gasteiger charge is 2.21. The van der Waals surface area contributed by atoms with Gasteiger partial charge in [-0.05, 0) is 63.1 Å². The molecule has 1 fully saturated rings. The van der Waals surface area contributed by atoms with Crippen LogP contribution < -0.4 is 19.5 Å². The standard InChI is InChI=1S/C23H30N2O5S/c1-3-29-22-12-8-7-11-21(22)25-31(27,28)20-15-13-19(14-16-20)30-17(2)23(26)24-18-9-5-4-6-10-18/h7-8,11-18,25H,3-6,9-10H2,1-2H3,(H,24,26)/t17-/m0/s1. The van der Waals surface area contributed by atoms with Crippen LogP contribution in [0.3, 0.4) is 0 Å². The van der Waals surface area contributed by atoms with Gasteiger partial charge in [0.1, 0.15) is 11.5 Å². The lowest BCUT2D eigenvalue weighted by atomic mass is 9.95. The van der Waals surface area contributed by atoms with Crippen LogP contribution >= 0.6 is 0 Å². The number of sulfonamides is 1. The maximum atomic E-state index is 12.7. The lowest BCUT2D eigenvalue weighted by molar-refractivity contribution is -0.128. The van der Waals surface area contributed by atoms with Crippen LogP contribution in [0.25, 0.3) is 0 Å². The van der Waals surface area contributed by atoms with Crippen LogP contribution in [0.1, 0.15) is 46.0 Å². The molecule has 0 aromatic heterocycles. The first-order valence-corrected chi connectivity index (χ1v) is 12.2. The summed E-state index contributed by atoms with van der Waals surface area (Å²) in [5, 5.41) is 3.04. The molecular weight excluding hydrogens is 416 g/mol. The molecule has 31 heavy (non-hydrogen) atoms. The van der Waals surface area contributed by atoms with Gasteiger partial charge in [0.2, 0.25) is 0 Å². The SMILES string of the molecule is CCOc1ccccc1NS(=O)(=O)c1ccc(O[C@@H](C)C(=O)NC2CCCCC2)cc1. The Labute approximate surface area is 184 Å². The van der Waals surface area contributed by atoms with E-state index in [4.69, 9.17) is 9.47 Å². The van der Waals surface area contributed by atoms with Crippen molar-refractivity contribution in [1.82, 2.24) is 5.32 Å². The minimum absolute atomic E-state index is 0.0884. The van der Waals surface area contributed by atoms with Crippen molar-refractivity contribution < 1.29 is 22.7 Å². The molecule has 0 aliphatic heterocycles. The lowest BCUT2D eigenvalue weighted by Gasteiger charge is -2.24. The van der Waals surface area contributed by atoms with Crippen molar-refractivity contribution >= 4 is 21.6 Å². The third kappa shape index (κ3) is 6.37. The fourth-order valence-electron chi connectivity index (χ4n) is 3.56. The van der Waals surface area contributed by atoms with E-state index in [0.29, 0.717) is 23.8 Å². The van der Waals surface area contributed by atoms with Crippen molar-refractivity contribution in [1.29, 1.82) is 0 Å². The van der Waals surface area contributed by atoms with Crippen LogP contribution in [0.5, 0.6) is 11.5 Å². The Morgan fingerprint density at radius 1 is 1.06 bits per heavy atom. The molecule has 2 aromatic carbocycles. The highest BCUT2D eigenvalue weighted by atomic mass is 32.2. The second-order valence-electron chi connectivity index (χ2n) is 7.61. The summed E-state index contributed by atoms with van der Waals surface area (Å²) in [6.07, 6.45) is 4.84. The van der Waals surface area contributed by atoms with Crippen molar-refractivity contribution in [3.8, 4) is 11.5 Å². The van der Waals surface area contributed by atoms with Crippen LogP contribution in [0.15, 0.2) is 53.4 Å². The molecule has 0 saturated heterocycles. The summed E-state index contributed by atoms with van der Waals surface area (Å²) >= 11 is 0. The van der Waals surface area contributed by atoms with E-state index >= 15 is 0 Å². The summed E-state index contributed by atoms with van der Waals surface area (Å²) in [5.74, 6) is 0.740. The zero-order valence-corrected chi connectivity index (χ0v) is 18.8. The van der Waals surface area contributed by atoms with Crippen molar-refractivity contribution in [3.63, 3.8) is 0 Å². The van der Waals surface area contributed by atoms with E-state index in [2.05, 4.69) is 10.0 Å². The van der Waals surface area contributed by atoms with Crippen LogP contribution in [0.2, 0.25) is 0 Å². The minimum Gasteiger partial charge on any atom is -0.492 e. The second kappa shape index (κ2) is 10.5. The van der Waals surface area contributed by atoms with Crippen LogP contribution in [-0.4, -0.2) is 33.1 Å². The van der Waals surface area contributed by atoms with E-state index in [1.807, 2.05) is 6.92 Å². The number of hydrogen-bond acceptors (Lipinski definition) is 5. The lowest BCUT2D eigenvalue weighted by Crippen LogP contribution is -2.43. The quantitative estimate of drug-likeness (QED) is 0.605. The van der Waals surface area contributed by atoms with Crippen molar-refractivity contribution in [2.24, 2.45) is 0 Å². The molecule has 1 aliphatic carbocycles. The molecule has 0 bridgehead atoms. The van der Waals surface area contributed by atoms with Crippen LogP contribution in [0, 0.1) is 0 Å². The fourth-order valence-corrected chi connectivity index (χ4v) is 4.63. The average molecular weight is 447 g/mol. The molecule has 0 radical (unpaired) electrons. The second-order valence-corrected chi connectivity index (χ2v) is 9.29. The van der Waals surface area contributed by atoms with Gasteiger partial charge in [-0.1, -0.05) is 31.4 Å². The van der Waals surface area contributed by atoms with E-state index in [-0.39, 0.29) is 16.8 Å². The van der Waals surface area contributed by atoms with Gasteiger partial charge < -0.3 is 14.8 Å². The third-order valence-corrected chi connectivity index (χ3v) is 6.58. The molecule has 7 nitrogen and oxygen atoms in total. The minimum atomic E-state index is -3.80. The topological polar surface area (TPSA) is 93.7 Å². The van der Waals surface area contributed by atoms with E-state index < -0.39 is 16.1 Å². The molecule has 0 heterocycles. The number of benzene rings is 2. The number of hydrogen-bond donors (Lipinski definition) is 2. The number of rotatable bonds is 9. The van der Waals surface area contributed by atoms with Gasteiger partial charge >= 0.3 is 0 Å². The van der Waals surface area contributed by atoms with Gasteiger partial charge in [0.25, 0.3) is 15.9 Å². The summed E-state index contributed by atoms with van der Waals surface area (Å²) in [7, 11) is -3.80. The smallest absolute Gasteiger partial charge is 0.262 e. The van der Waals surface area contributed by atoms with Gasteiger partial charge in [0, 0.05) is 6.04 Å². The van der Waals surface area contributed by atoms with E-state index in [0.717, 1.165) is 25.7 Å². The van der Waals surface area contributed by atoms with E-state index in [1.165, 1.54) is 18.6 Å². The largest absolute Gasteiger partial charge is 0.492 e. The molecule has 0 unspecified atom stereocenters. The number of carbonyl (C=O) groups is 1. The van der Waals surface area contributed by atoms with E-state index in [9.17, 15) is 13.2 Å². The van der Waals surface area contributed by atoms with Gasteiger partial charge in [-0.3, -0.25) is 9.52 Å². The highest BCUT2D eigenvalue weighted by Crippen LogP contribution is 2.27. The first kappa shape index (κ1) is 22.9. The Morgan fingerprint density at radius 3 is 2.42 bits per heavy atom. The van der Waals surface area contributed by atoms with Gasteiger partial charge in [-0.15, -0.1) is 0 Å². The van der Waals surface area contributed by atoms with E-state index in [1.54, 1.807) is 43.3 Å². The van der Waals surface area contributed by atoms with Gasteiger partial charge in [-0.2, -0.15) is 0 Å². The van der Waals surface area contributed by atoms with Crippen LogP contribution in [0.4, 0.5) is 5.69 Å². The highest BCUT2D eigenvalue weighted by molar-refractivity contribution is 7.92. The first-order chi connectivity index (χ1) is 14.9. The van der Waals surface area contributed by atoms with Crippen molar-refractivity contribution in [2.75, 3.05) is 11.3 Å². The fraction of sp³-hybridized carbons (Fsp3) is 0.435. The molecule has 8 heteroatoms. The third-order valence-electron chi connectivity index (χ3n) is 5.20. The number of nitrogens with one attached hydrogen (secondary N) is 2. The Balaban J connectivity index is 1.61. The summed E-state index contributed by atoms with van der Waals surface area (Å²) in [6, 6.07) is 13.1. The summed E-state index contributed by atoms with van der Waals surface area (Å²) in [5.41, 5.74) is 0.373. The van der Waals surface area contributed by atoms with Crippen LogP contribution in [-0.2, 0) is 14.8 Å². The van der Waals surface area contributed by atoms with Crippen molar-refractivity contribution in [2.45, 2.75) is 63.0 Å². The van der Waals surface area contributed by atoms with Crippen molar-refractivity contribution in [3.05, 3.63) is 48.5 Å². The number of carbonyl (C=O) groups excluding carboxylic acids is 1. The Bertz CT molecular complexity index is 970. The molecule has 2 N–H and O–H groups in total. The number of anilines is 1. The molecular formula is C23H30N2O5S. The average Bonchev–Trinajstić information content (AvgIpc) is 2.76. The predicted octanol–water partition coefficient (Wildman–Crippen LogP) is 4.10.